The van der Waals surface area contributed by atoms with Crippen molar-refractivity contribution >= 4 is 5.97 Å². The first-order chi connectivity index (χ1) is 10.1. The SMILES string of the molecule is CC(NCc1ccc(C(=O)O)o1)c1ccc2c(c1)OCO2. The van der Waals surface area contributed by atoms with Gasteiger partial charge in [-0.05, 0) is 36.8 Å². The van der Waals surface area contributed by atoms with Crippen LogP contribution in [0, 0.1) is 0 Å². The lowest BCUT2D eigenvalue weighted by Crippen LogP contribution is -2.17. The Kier molecular flexibility index (Phi) is 3.53. The molecule has 3 rings (SSSR count). The molecule has 1 atom stereocenters. The van der Waals surface area contributed by atoms with E-state index < -0.39 is 5.97 Å². The van der Waals surface area contributed by atoms with E-state index in [2.05, 4.69) is 5.32 Å². The Hall–Kier alpha value is -2.47. The minimum atomic E-state index is -1.06. The fraction of sp³-hybridized carbons (Fsp3) is 0.267. The number of hydrogen-bond donors (Lipinski definition) is 2. The highest BCUT2D eigenvalue weighted by molar-refractivity contribution is 5.84. The Morgan fingerprint density at radius 1 is 1.29 bits per heavy atom. The summed E-state index contributed by atoms with van der Waals surface area (Å²) in [7, 11) is 0. The Morgan fingerprint density at radius 3 is 2.86 bits per heavy atom. The Balaban J connectivity index is 1.63. The monoisotopic (exact) mass is 289 g/mol. The normalized spacial score (nSPS) is 14.1. The maximum absolute atomic E-state index is 10.7. The van der Waals surface area contributed by atoms with Gasteiger partial charge in [0.05, 0.1) is 6.54 Å². The van der Waals surface area contributed by atoms with E-state index in [4.69, 9.17) is 19.0 Å². The zero-order chi connectivity index (χ0) is 14.8. The molecule has 2 aromatic rings. The highest BCUT2D eigenvalue weighted by atomic mass is 16.7. The highest BCUT2D eigenvalue weighted by Gasteiger charge is 2.16. The van der Waals surface area contributed by atoms with Gasteiger partial charge in [0, 0.05) is 6.04 Å². The summed E-state index contributed by atoms with van der Waals surface area (Å²) < 4.78 is 15.8. The van der Waals surface area contributed by atoms with E-state index in [1.807, 2.05) is 25.1 Å². The fourth-order valence-corrected chi connectivity index (χ4v) is 2.14. The number of aromatic carboxylic acids is 1. The summed E-state index contributed by atoms with van der Waals surface area (Å²) >= 11 is 0. The van der Waals surface area contributed by atoms with Crippen LogP contribution in [0.2, 0.25) is 0 Å². The lowest BCUT2D eigenvalue weighted by Gasteiger charge is -2.13. The topological polar surface area (TPSA) is 80.9 Å². The molecule has 1 aliphatic heterocycles. The van der Waals surface area contributed by atoms with Crippen molar-refractivity contribution in [1.82, 2.24) is 5.32 Å². The predicted octanol–water partition coefficient (Wildman–Crippen LogP) is 2.56. The van der Waals surface area contributed by atoms with Gasteiger partial charge in [0.25, 0.3) is 0 Å². The third-order valence-corrected chi connectivity index (χ3v) is 3.35. The number of benzene rings is 1. The van der Waals surface area contributed by atoms with Crippen LogP contribution < -0.4 is 14.8 Å². The largest absolute Gasteiger partial charge is 0.475 e. The molecule has 1 aromatic heterocycles. The lowest BCUT2D eigenvalue weighted by molar-refractivity contribution is 0.0660. The van der Waals surface area contributed by atoms with Crippen LogP contribution in [0.1, 0.15) is 34.8 Å². The van der Waals surface area contributed by atoms with Gasteiger partial charge < -0.3 is 24.3 Å². The molecule has 1 aliphatic rings. The van der Waals surface area contributed by atoms with Gasteiger partial charge >= 0.3 is 5.97 Å². The second-order valence-corrected chi connectivity index (χ2v) is 4.79. The highest BCUT2D eigenvalue weighted by Crippen LogP contribution is 2.34. The van der Waals surface area contributed by atoms with Crippen molar-refractivity contribution in [2.24, 2.45) is 0 Å². The van der Waals surface area contributed by atoms with Crippen LogP contribution in [0.15, 0.2) is 34.7 Å². The average Bonchev–Trinajstić information content (AvgIpc) is 3.12. The Morgan fingerprint density at radius 2 is 2.10 bits per heavy atom. The standard InChI is InChI=1S/C15H15NO5/c1-9(10-2-4-12-14(6-10)20-8-19-12)16-7-11-3-5-13(21-11)15(17)18/h2-6,9,16H,7-8H2,1H3,(H,17,18). The number of ether oxygens (including phenoxy) is 2. The molecule has 21 heavy (non-hydrogen) atoms. The molecule has 0 saturated carbocycles. The molecular formula is C15H15NO5. The number of fused-ring (bicyclic) bond motifs is 1. The second-order valence-electron chi connectivity index (χ2n) is 4.79. The van der Waals surface area contributed by atoms with Gasteiger partial charge in [-0.1, -0.05) is 6.07 Å². The first kappa shape index (κ1) is 13.5. The second kappa shape index (κ2) is 5.49. The Bertz CT molecular complexity index is 664. The van der Waals surface area contributed by atoms with E-state index in [1.54, 1.807) is 6.07 Å². The summed E-state index contributed by atoms with van der Waals surface area (Å²) in [5, 5.41) is 12.1. The molecule has 2 N–H and O–H groups in total. The van der Waals surface area contributed by atoms with E-state index in [9.17, 15) is 4.79 Å². The molecule has 0 fully saturated rings. The van der Waals surface area contributed by atoms with Crippen LogP contribution >= 0.6 is 0 Å². The van der Waals surface area contributed by atoms with Crippen molar-refractivity contribution in [2.75, 3.05) is 6.79 Å². The first-order valence-corrected chi connectivity index (χ1v) is 6.58. The van der Waals surface area contributed by atoms with Gasteiger partial charge in [0.1, 0.15) is 5.76 Å². The van der Waals surface area contributed by atoms with Crippen molar-refractivity contribution in [1.29, 1.82) is 0 Å². The van der Waals surface area contributed by atoms with Crippen LogP contribution in [-0.2, 0) is 6.54 Å². The van der Waals surface area contributed by atoms with Gasteiger partial charge in [-0.15, -0.1) is 0 Å². The van der Waals surface area contributed by atoms with Gasteiger partial charge in [-0.25, -0.2) is 4.79 Å². The maximum atomic E-state index is 10.7. The van der Waals surface area contributed by atoms with Crippen LogP contribution in [-0.4, -0.2) is 17.9 Å². The number of hydrogen-bond acceptors (Lipinski definition) is 5. The summed E-state index contributed by atoms with van der Waals surface area (Å²) in [6, 6.07) is 8.96. The Labute approximate surface area is 121 Å². The number of carboxylic acids is 1. The molecule has 110 valence electrons. The predicted molar refractivity (Wildman–Crippen MR) is 73.5 cm³/mol. The van der Waals surface area contributed by atoms with Gasteiger partial charge in [0.2, 0.25) is 12.6 Å². The van der Waals surface area contributed by atoms with Crippen LogP contribution in [0.4, 0.5) is 0 Å². The van der Waals surface area contributed by atoms with E-state index in [-0.39, 0.29) is 18.6 Å². The van der Waals surface area contributed by atoms with E-state index in [0.717, 1.165) is 17.1 Å². The quantitative estimate of drug-likeness (QED) is 0.880. The smallest absolute Gasteiger partial charge is 0.371 e. The van der Waals surface area contributed by atoms with Gasteiger partial charge in [0.15, 0.2) is 11.5 Å². The minimum Gasteiger partial charge on any atom is -0.475 e. The average molecular weight is 289 g/mol. The molecule has 2 heterocycles. The molecule has 1 aromatic carbocycles. The lowest BCUT2D eigenvalue weighted by atomic mass is 10.1. The van der Waals surface area contributed by atoms with E-state index >= 15 is 0 Å². The summed E-state index contributed by atoms with van der Waals surface area (Å²) in [6.07, 6.45) is 0. The molecular weight excluding hydrogens is 274 g/mol. The van der Waals surface area contributed by atoms with Crippen molar-refractivity contribution in [2.45, 2.75) is 19.5 Å². The zero-order valence-corrected chi connectivity index (χ0v) is 11.5. The summed E-state index contributed by atoms with van der Waals surface area (Å²) in [5.74, 6) is 0.961. The van der Waals surface area contributed by atoms with Crippen molar-refractivity contribution in [3.05, 3.63) is 47.4 Å². The van der Waals surface area contributed by atoms with E-state index in [1.165, 1.54) is 6.07 Å². The van der Waals surface area contributed by atoms with Crippen LogP contribution in [0.25, 0.3) is 0 Å². The molecule has 6 heteroatoms. The minimum absolute atomic E-state index is 0.0532. The summed E-state index contributed by atoms with van der Waals surface area (Å²) in [5.41, 5.74) is 1.06. The molecule has 6 nitrogen and oxygen atoms in total. The van der Waals surface area contributed by atoms with Gasteiger partial charge in [-0.3, -0.25) is 0 Å². The number of carboxylic acid groups (broad SMARTS) is 1. The summed E-state index contributed by atoms with van der Waals surface area (Å²) in [6.45, 7) is 2.71. The third kappa shape index (κ3) is 2.85. The maximum Gasteiger partial charge on any atom is 0.371 e. The van der Waals surface area contributed by atoms with Crippen LogP contribution in [0.3, 0.4) is 0 Å². The number of furan rings is 1. The molecule has 0 saturated heterocycles. The first-order valence-electron chi connectivity index (χ1n) is 6.58. The summed E-state index contributed by atoms with van der Waals surface area (Å²) in [4.78, 5) is 10.7. The molecule has 0 aliphatic carbocycles. The molecule has 0 amide bonds. The van der Waals surface area contributed by atoms with Crippen molar-refractivity contribution < 1.29 is 23.8 Å². The zero-order valence-electron chi connectivity index (χ0n) is 11.5. The molecule has 0 spiro atoms. The van der Waals surface area contributed by atoms with E-state index in [0.29, 0.717) is 12.3 Å². The molecule has 0 radical (unpaired) electrons. The van der Waals surface area contributed by atoms with Crippen molar-refractivity contribution in [3.8, 4) is 11.5 Å². The fourth-order valence-electron chi connectivity index (χ4n) is 2.14. The van der Waals surface area contributed by atoms with Gasteiger partial charge in [-0.2, -0.15) is 0 Å². The van der Waals surface area contributed by atoms with Crippen molar-refractivity contribution in [3.63, 3.8) is 0 Å². The third-order valence-electron chi connectivity index (χ3n) is 3.35. The number of nitrogens with one attached hydrogen (secondary N) is 1. The molecule has 0 bridgehead atoms. The molecule has 1 unspecified atom stereocenters. The number of carbonyl (C=O) groups is 1. The number of rotatable bonds is 5. The van der Waals surface area contributed by atoms with Crippen LogP contribution in [0.5, 0.6) is 11.5 Å².